The fourth-order valence-corrected chi connectivity index (χ4v) is 0.741. The van der Waals surface area contributed by atoms with E-state index in [1.807, 2.05) is 0 Å². The van der Waals surface area contributed by atoms with E-state index < -0.39 is 0 Å². The molecule has 0 aliphatic carbocycles. The van der Waals surface area contributed by atoms with Crippen molar-refractivity contribution in [3.05, 3.63) is 22.8 Å². The standard InChI is InChI=1S/C7H14N6/c1-4(8)6(12-10)7(5(2)9)13-11-3/h10H,8-9H2,1-3H3/b6-4+,7-5+,12-10?,13-11-. The molecule has 0 aromatic heterocycles. The lowest BCUT2D eigenvalue weighted by Crippen LogP contribution is -2.03. The maximum atomic E-state index is 6.89. The Balaban J connectivity index is 5.32. The number of nitrogens with one attached hydrogen (secondary N) is 1. The van der Waals surface area contributed by atoms with E-state index in [0.29, 0.717) is 17.1 Å². The molecule has 0 rings (SSSR count). The van der Waals surface area contributed by atoms with Crippen molar-refractivity contribution in [2.75, 3.05) is 7.05 Å². The van der Waals surface area contributed by atoms with E-state index in [2.05, 4.69) is 15.3 Å². The zero-order valence-electron chi connectivity index (χ0n) is 8.00. The Labute approximate surface area is 76.9 Å². The van der Waals surface area contributed by atoms with E-state index in [1.54, 1.807) is 13.8 Å². The van der Waals surface area contributed by atoms with Crippen LogP contribution in [0.5, 0.6) is 0 Å². The van der Waals surface area contributed by atoms with E-state index in [1.165, 1.54) is 7.05 Å². The Hall–Kier alpha value is -1.72. The molecule has 0 atom stereocenters. The number of nitrogens with zero attached hydrogens (tertiary/aromatic N) is 3. The molecule has 0 radical (unpaired) electrons. The molecule has 72 valence electrons. The Morgan fingerprint density at radius 3 is 1.77 bits per heavy atom. The van der Waals surface area contributed by atoms with Crippen LogP contribution in [-0.4, -0.2) is 7.05 Å². The van der Waals surface area contributed by atoms with Crippen molar-refractivity contribution < 1.29 is 0 Å². The predicted molar refractivity (Wildman–Crippen MR) is 49.7 cm³/mol. The summed E-state index contributed by atoms with van der Waals surface area (Å²) in [6.45, 7) is 3.28. The SMILES string of the molecule is C\N=N/C(=C(\C)N)C(/N=N)=C(/C)N. The minimum absolute atomic E-state index is 0.255. The van der Waals surface area contributed by atoms with Crippen molar-refractivity contribution in [2.24, 2.45) is 26.8 Å². The quantitative estimate of drug-likeness (QED) is 0.453. The Morgan fingerprint density at radius 1 is 1.08 bits per heavy atom. The maximum Gasteiger partial charge on any atom is 0.133 e. The number of nitrogens with two attached hydrogens (primary N) is 2. The van der Waals surface area contributed by atoms with Gasteiger partial charge in [-0.2, -0.15) is 15.3 Å². The molecule has 0 spiro atoms. The Bertz CT molecular complexity index is 277. The second-order valence-corrected chi connectivity index (χ2v) is 2.48. The van der Waals surface area contributed by atoms with E-state index in [9.17, 15) is 0 Å². The van der Waals surface area contributed by atoms with Crippen molar-refractivity contribution in [1.29, 1.82) is 5.53 Å². The average Bonchev–Trinajstić information content (AvgIpc) is 2.03. The van der Waals surface area contributed by atoms with Crippen molar-refractivity contribution >= 4 is 0 Å². The van der Waals surface area contributed by atoms with Gasteiger partial charge in [0.15, 0.2) is 0 Å². The molecule has 0 saturated carbocycles. The highest BCUT2D eigenvalue weighted by Crippen LogP contribution is 2.17. The zero-order chi connectivity index (χ0) is 10.4. The molecular weight excluding hydrogens is 168 g/mol. The molecule has 0 aromatic carbocycles. The lowest BCUT2D eigenvalue weighted by atomic mass is 10.2. The molecule has 13 heavy (non-hydrogen) atoms. The van der Waals surface area contributed by atoms with Crippen molar-refractivity contribution in [1.82, 2.24) is 0 Å². The average molecular weight is 182 g/mol. The van der Waals surface area contributed by atoms with Crippen LogP contribution in [0.2, 0.25) is 0 Å². The van der Waals surface area contributed by atoms with Gasteiger partial charge in [-0.15, -0.1) is 0 Å². The van der Waals surface area contributed by atoms with Crippen LogP contribution in [0.3, 0.4) is 0 Å². The summed E-state index contributed by atoms with van der Waals surface area (Å²) in [6, 6.07) is 0. The first-order valence-corrected chi connectivity index (χ1v) is 3.65. The van der Waals surface area contributed by atoms with Crippen LogP contribution in [0.25, 0.3) is 0 Å². The largest absolute Gasteiger partial charge is 0.400 e. The molecule has 6 nitrogen and oxygen atoms in total. The van der Waals surface area contributed by atoms with E-state index in [0.717, 1.165) is 0 Å². The summed E-state index contributed by atoms with van der Waals surface area (Å²) in [7, 11) is 1.51. The van der Waals surface area contributed by atoms with Gasteiger partial charge in [0.25, 0.3) is 0 Å². The molecule has 0 bridgehead atoms. The van der Waals surface area contributed by atoms with E-state index >= 15 is 0 Å². The molecule has 0 aliphatic rings. The molecule has 0 saturated heterocycles. The van der Waals surface area contributed by atoms with Crippen molar-refractivity contribution in [2.45, 2.75) is 13.8 Å². The van der Waals surface area contributed by atoms with E-state index in [4.69, 9.17) is 17.0 Å². The van der Waals surface area contributed by atoms with Gasteiger partial charge in [0, 0.05) is 18.4 Å². The van der Waals surface area contributed by atoms with Crippen LogP contribution in [-0.2, 0) is 0 Å². The molecule has 0 aromatic rings. The molecule has 0 aliphatic heterocycles. The summed E-state index contributed by atoms with van der Waals surface area (Å²) < 4.78 is 0. The molecule has 6 heteroatoms. The van der Waals surface area contributed by atoms with Crippen LogP contribution < -0.4 is 11.5 Å². The fraction of sp³-hybridized carbons (Fsp3) is 0.429. The third-order valence-electron chi connectivity index (χ3n) is 1.28. The molecule has 0 unspecified atom stereocenters. The maximum absolute atomic E-state index is 6.89. The lowest BCUT2D eigenvalue weighted by molar-refractivity contribution is 0.954. The summed E-state index contributed by atoms with van der Waals surface area (Å²) in [5, 5.41) is 10.5. The number of hydrogen-bond donors (Lipinski definition) is 3. The molecular formula is C7H14N6. The Kier molecular flexibility index (Phi) is 4.36. The van der Waals surface area contributed by atoms with Gasteiger partial charge in [-0.3, -0.25) is 0 Å². The molecule has 0 heterocycles. The first-order valence-electron chi connectivity index (χ1n) is 3.65. The molecule has 0 fully saturated rings. The van der Waals surface area contributed by atoms with Gasteiger partial charge >= 0.3 is 0 Å². The van der Waals surface area contributed by atoms with Gasteiger partial charge in [-0.1, -0.05) is 0 Å². The van der Waals surface area contributed by atoms with Gasteiger partial charge in [-0.25, -0.2) is 5.53 Å². The number of allylic oxidation sites excluding steroid dienone is 2. The van der Waals surface area contributed by atoms with E-state index in [-0.39, 0.29) is 5.70 Å². The first-order chi connectivity index (χ1) is 6.04. The second-order valence-electron chi connectivity index (χ2n) is 2.48. The number of hydrogen-bond acceptors (Lipinski definition) is 6. The zero-order valence-corrected chi connectivity index (χ0v) is 8.00. The van der Waals surface area contributed by atoms with Gasteiger partial charge in [0.2, 0.25) is 0 Å². The topological polar surface area (TPSA) is 113 Å². The van der Waals surface area contributed by atoms with Crippen LogP contribution >= 0.6 is 0 Å². The van der Waals surface area contributed by atoms with Crippen molar-refractivity contribution in [3.63, 3.8) is 0 Å². The van der Waals surface area contributed by atoms with Crippen LogP contribution in [0.1, 0.15) is 13.8 Å². The summed E-state index contributed by atoms with van der Waals surface area (Å²) in [6.07, 6.45) is 0. The minimum Gasteiger partial charge on any atom is -0.400 e. The van der Waals surface area contributed by atoms with Crippen LogP contribution in [0, 0.1) is 5.53 Å². The summed E-state index contributed by atoms with van der Waals surface area (Å²) in [4.78, 5) is 0. The van der Waals surface area contributed by atoms with Gasteiger partial charge in [0.05, 0.1) is 0 Å². The van der Waals surface area contributed by atoms with Crippen LogP contribution in [0.4, 0.5) is 0 Å². The summed E-state index contributed by atoms with van der Waals surface area (Å²) >= 11 is 0. The molecule has 5 N–H and O–H groups in total. The van der Waals surface area contributed by atoms with Crippen molar-refractivity contribution in [3.8, 4) is 0 Å². The van der Waals surface area contributed by atoms with Gasteiger partial charge < -0.3 is 11.5 Å². The van der Waals surface area contributed by atoms with Crippen LogP contribution in [0.15, 0.2) is 38.1 Å². The fourth-order valence-electron chi connectivity index (χ4n) is 0.741. The highest BCUT2D eigenvalue weighted by molar-refractivity contribution is 5.33. The number of azo groups is 1. The highest BCUT2D eigenvalue weighted by atomic mass is 15.1. The Morgan fingerprint density at radius 2 is 1.54 bits per heavy atom. The third kappa shape index (κ3) is 3.02. The van der Waals surface area contributed by atoms with Gasteiger partial charge in [-0.05, 0) is 13.8 Å². The smallest absolute Gasteiger partial charge is 0.133 e. The lowest BCUT2D eigenvalue weighted by Gasteiger charge is -2.03. The van der Waals surface area contributed by atoms with Gasteiger partial charge in [0.1, 0.15) is 11.4 Å². The normalized spacial score (nSPS) is 15.3. The monoisotopic (exact) mass is 182 g/mol. The summed E-state index contributed by atoms with van der Waals surface area (Å²) in [5.74, 6) is 0. The summed E-state index contributed by atoms with van der Waals surface area (Å²) in [5.41, 5.74) is 19.3. The minimum atomic E-state index is 0.255. The first kappa shape index (κ1) is 11.3. The predicted octanol–water partition coefficient (Wildman–Crippen LogP) is 1.48. The highest BCUT2D eigenvalue weighted by Gasteiger charge is 2.08. The second kappa shape index (κ2) is 5.02. The third-order valence-corrected chi connectivity index (χ3v) is 1.28. The molecule has 0 amide bonds. The number of rotatable bonds is 3.